The molecule has 0 spiro atoms. The van der Waals surface area contributed by atoms with E-state index < -0.39 is 10.0 Å². The van der Waals surface area contributed by atoms with E-state index in [-0.39, 0.29) is 17.4 Å². The van der Waals surface area contributed by atoms with Crippen molar-refractivity contribution in [2.24, 2.45) is 0 Å². The number of H-pyrrole nitrogens is 1. The van der Waals surface area contributed by atoms with E-state index in [0.29, 0.717) is 24.7 Å². The van der Waals surface area contributed by atoms with E-state index in [0.717, 1.165) is 28.5 Å². The Kier molecular flexibility index (Phi) is 5.59. The average molecular weight is 449 g/mol. The molecule has 32 heavy (non-hydrogen) atoms. The maximum Gasteiger partial charge on any atom is 0.240 e. The van der Waals surface area contributed by atoms with Gasteiger partial charge in [-0.25, -0.2) is 13.1 Å². The van der Waals surface area contributed by atoms with E-state index in [1.165, 1.54) is 6.07 Å². The van der Waals surface area contributed by atoms with Gasteiger partial charge in [0, 0.05) is 42.0 Å². The van der Waals surface area contributed by atoms with Crippen LogP contribution in [0.5, 0.6) is 11.5 Å². The summed E-state index contributed by atoms with van der Waals surface area (Å²) in [5, 5.41) is 1.08. The molecule has 2 heterocycles. The fourth-order valence-electron chi connectivity index (χ4n) is 4.06. The zero-order chi connectivity index (χ0) is 22.0. The van der Waals surface area contributed by atoms with Crippen molar-refractivity contribution in [1.82, 2.24) is 9.71 Å². The number of para-hydroxylation sites is 1. The van der Waals surface area contributed by atoms with E-state index in [9.17, 15) is 8.42 Å². The average Bonchev–Trinajstić information content (AvgIpc) is 3.09. The van der Waals surface area contributed by atoms with Crippen molar-refractivity contribution in [3.63, 3.8) is 0 Å². The predicted octanol–water partition coefficient (Wildman–Crippen LogP) is 4.44. The number of benzene rings is 3. The highest BCUT2D eigenvalue weighted by Crippen LogP contribution is 2.33. The molecular weight excluding hydrogens is 424 g/mol. The van der Waals surface area contributed by atoms with Crippen LogP contribution in [0.1, 0.15) is 23.5 Å². The van der Waals surface area contributed by atoms with Crippen LogP contribution in [-0.2, 0) is 10.0 Å². The molecule has 0 saturated carbocycles. The molecule has 0 saturated heterocycles. The summed E-state index contributed by atoms with van der Waals surface area (Å²) in [4.78, 5) is 3.46. The summed E-state index contributed by atoms with van der Waals surface area (Å²) in [5.41, 5.74) is 3.11. The first-order valence-corrected chi connectivity index (χ1v) is 12.1. The second-order valence-corrected chi connectivity index (χ2v) is 9.53. The lowest BCUT2D eigenvalue weighted by Gasteiger charge is -2.18. The zero-order valence-corrected chi connectivity index (χ0v) is 18.3. The monoisotopic (exact) mass is 448 g/mol. The third-order valence-corrected chi connectivity index (χ3v) is 7.13. The van der Waals surface area contributed by atoms with E-state index in [1.807, 2.05) is 54.7 Å². The molecule has 2 N–H and O–H groups in total. The van der Waals surface area contributed by atoms with E-state index in [4.69, 9.17) is 9.47 Å². The molecule has 0 fully saturated rings. The van der Waals surface area contributed by atoms with Gasteiger partial charge < -0.3 is 14.5 Å². The van der Waals surface area contributed by atoms with Gasteiger partial charge in [0.25, 0.3) is 0 Å². The highest BCUT2D eigenvalue weighted by atomic mass is 32.2. The molecule has 0 amide bonds. The van der Waals surface area contributed by atoms with E-state index >= 15 is 0 Å². The molecule has 5 rings (SSSR count). The van der Waals surface area contributed by atoms with Gasteiger partial charge in [-0.3, -0.25) is 0 Å². The molecule has 1 aliphatic heterocycles. The minimum absolute atomic E-state index is 0.150. The van der Waals surface area contributed by atoms with Crippen LogP contribution >= 0.6 is 0 Å². The summed E-state index contributed by atoms with van der Waals surface area (Å²) in [6.07, 6.45) is 2.72. The first-order chi connectivity index (χ1) is 15.6. The largest absolute Gasteiger partial charge is 0.490 e. The number of hydrogen-bond donors (Lipinski definition) is 2. The molecular formula is C25H24N2O4S. The fourth-order valence-corrected chi connectivity index (χ4v) is 5.12. The number of ether oxygens (including phenoxy) is 2. The summed E-state index contributed by atoms with van der Waals surface area (Å²) >= 11 is 0. The maximum absolute atomic E-state index is 13.2. The van der Waals surface area contributed by atoms with Crippen molar-refractivity contribution in [2.75, 3.05) is 19.8 Å². The number of rotatable bonds is 6. The van der Waals surface area contributed by atoms with Gasteiger partial charge in [0.05, 0.1) is 18.1 Å². The first-order valence-electron chi connectivity index (χ1n) is 10.6. The second-order valence-electron chi connectivity index (χ2n) is 7.76. The fraction of sp³-hybridized carbons (Fsp3) is 0.200. The normalized spacial score (nSPS) is 14.8. The van der Waals surface area contributed by atoms with Gasteiger partial charge in [0.1, 0.15) is 0 Å². The van der Waals surface area contributed by atoms with Crippen LogP contribution in [-0.4, -0.2) is 33.2 Å². The number of fused-ring (bicyclic) bond motifs is 2. The van der Waals surface area contributed by atoms with E-state index in [1.54, 1.807) is 12.1 Å². The Morgan fingerprint density at radius 3 is 2.50 bits per heavy atom. The van der Waals surface area contributed by atoms with Crippen LogP contribution in [0.2, 0.25) is 0 Å². The summed E-state index contributed by atoms with van der Waals surface area (Å²) in [6.45, 7) is 1.28. The molecule has 0 unspecified atom stereocenters. The molecule has 164 valence electrons. The van der Waals surface area contributed by atoms with Crippen LogP contribution in [0, 0.1) is 0 Å². The van der Waals surface area contributed by atoms with Crippen molar-refractivity contribution >= 4 is 20.9 Å². The Hall–Kier alpha value is -3.29. The molecule has 3 aromatic carbocycles. The summed E-state index contributed by atoms with van der Waals surface area (Å²) in [6, 6.07) is 22.7. The lowest BCUT2D eigenvalue weighted by atomic mass is 9.91. The molecule has 1 aliphatic rings. The Labute approximate surface area is 187 Å². The minimum atomic E-state index is -3.75. The third kappa shape index (κ3) is 4.09. The topological polar surface area (TPSA) is 80.4 Å². The lowest BCUT2D eigenvalue weighted by molar-refractivity contribution is 0.297. The Bertz CT molecular complexity index is 1330. The quantitative estimate of drug-likeness (QED) is 0.457. The molecule has 1 aromatic heterocycles. The van der Waals surface area contributed by atoms with Gasteiger partial charge >= 0.3 is 0 Å². The molecule has 6 nitrogen and oxygen atoms in total. The molecule has 1 atom stereocenters. The molecule has 0 aliphatic carbocycles. The first kappa shape index (κ1) is 20.6. The minimum Gasteiger partial charge on any atom is -0.490 e. The number of nitrogens with one attached hydrogen (secondary N) is 2. The van der Waals surface area contributed by atoms with Crippen LogP contribution < -0.4 is 14.2 Å². The van der Waals surface area contributed by atoms with Crippen molar-refractivity contribution in [1.29, 1.82) is 0 Å². The summed E-state index contributed by atoms with van der Waals surface area (Å²) in [7, 11) is -3.75. The van der Waals surface area contributed by atoms with Crippen LogP contribution in [0.3, 0.4) is 0 Å². The molecule has 4 aromatic rings. The van der Waals surface area contributed by atoms with Gasteiger partial charge in [0.15, 0.2) is 11.5 Å². The van der Waals surface area contributed by atoms with Gasteiger partial charge in [-0.1, -0.05) is 48.5 Å². The maximum atomic E-state index is 13.2. The molecule has 0 radical (unpaired) electrons. The van der Waals surface area contributed by atoms with Gasteiger partial charge in [-0.2, -0.15) is 0 Å². The Morgan fingerprint density at radius 2 is 1.66 bits per heavy atom. The number of sulfonamides is 1. The van der Waals surface area contributed by atoms with Gasteiger partial charge in [-0.05, 0) is 29.3 Å². The van der Waals surface area contributed by atoms with Crippen LogP contribution in [0.25, 0.3) is 10.9 Å². The summed E-state index contributed by atoms with van der Waals surface area (Å²) in [5.74, 6) is 0.881. The van der Waals surface area contributed by atoms with Crippen LogP contribution in [0.4, 0.5) is 0 Å². The second kappa shape index (κ2) is 8.68. The molecule has 7 heteroatoms. The number of hydrogen-bond acceptors (Lipinski definition) is 4. The van der Waals surface area contributed by atoms with Gasteiger partial charge in [-0.15, -0.1) is 0 Å². The lowest BCUT2D eigenvalue weighted by Crippen LogP contribution is -2.29. The van der Waals surface area contributed by atoms with Crippen molar-refractivity contribution in [3.05, 3.63) is 90.1 Å². The SMILES string of the molecule is O=S(=O)(NC[C@H](c1ccccc1)c1c[nH]c2ccccc12)c1ccc2c(c1)OCCCO2. The standard InChI is InChI=1S/C25H24N2O4S/c28-32(29,19-11-12-24-25(15-19)31-14-6-13-30-24)27-17-21(18-7-2-1-3-8-18)22-16-26-23-10-5-4-9-20(22)23/h1-5,7-12,15-16,21,26-27H,6,13-14,17H2/t21-/m1/s1. The van der Waals surface area contributed by atoms with Crippen molar-refractivity contribution in [2.45, 2.75) is 17.2 Å². The van der Waals surface area contributed by atoms with Crippen molar-refractivity contribution < 1.29 is 17.9 Å². The third-order valence-electron chi connectivity index (χ3n) is 5.71. The van der Waals surface area contributed by atoms with E-state index in [2.05, 4.69) is 15.8 Å². The Balaban J connectivity index is 1.45. The van der Waals surface area contributed by atoms with Crippen LogP contribution in [0.15, 0.2) is 83.9 Å². The summed E-state index contributed by atoms with van der Waals surface area (Å²) < 4.78 is 40.4. The van der Waals surface area contributed by atoms with Crippen molar-refractivity contribution in [3.8, 4) is 11.5 Å². The van der Waals surface area contributed by atoms with Gasteiger partial charge in [0.2, 0.25) is 10.0 Å². The highest BCUT2D eigenvalue weighted by Gasteiger charge is 2.23. The number of aromatic amines is 1. The smallest absolute Gasteiger partial charge is 0.240 e. The zero-order valence-electron chi connectivity index (χ0n) is 17.5. The highest BCUT2D eigenvalue weighted by molar-refractivity contribution is 7.89. The Morgan fingerprint density at radius 1 is 0.906 bits per heavy atom. The molecule has 0 bridgehead atoms. The number of aromatic nitrogens is 1. The predicted molar refractivity (Wildman–Crippen MR) is 124 cm³/mol.